The van der Waals surface area contributed by atoms with Crippen LogP contribution in [0.5, 0.6) is 0 Å². The van der Waals surface area contributed by atoms with Crippen molar-refractivity contribution >= 4 is 17.3 Å². The Labute approximate surface area is 167 Å². The highest BCUT2D eigenvalue weighted by Crippen LogP contribution is 2.33. The van der Waals surface area contributed by atoms with Gasteiger partial charge in [-0.25, -0.2) is 4.98 Å². The first-order chi connectivity index (χ1) is 13.0. The zero-order chi connectivity index (χ0) is 19.6. The zero-order valence-corrected chi connectivity index (χ0v) is 17.6. The van der Waals surface area contributed by atoms with Crippen LogP contribution in [0.2, 0.25) is 5.02 Å². The Morgan fingerprint density at radius 1 is 1.15 bits per heavy atom. The number of fused-ring (bicyclic) bond motifs is 1. The van der Waals surface area contributed by atoms with Gasteiger partial charge in [0.25, 0.3) is 5.56 Å². The molecule has 0 aliphatic heterocycles. The van der Waals surface area contributed by atoms with Crippen LogP contribution in [-0.4, -0.2) is 15.6 Å². The van der Waals surface area contributed by atoms with Gasteiger partial charge in [0.2, 0.25) is 0 Å². The van der Waals surface area contributed by atoms with E-state index in [0.29, 0.717) is 23.1 Å². The van der Waals surface area contributed by atoms with Gasteiger partial charge in [-0.1, -0.05) is 25.4 Å². The second kappa shape index (κ2) is 8.47. The standard InChI is InChI=1S/C22H30ClN3O/c1-5-17(6-2)25-20-14(4)24-21(26(7-3)22(20)27)18-12-15-10-8-9-11-16(15)13-19(18)23/h12-13,17,25H,5-11H2,1-4H3. The van der Waals surface area contributed by atoms with Crippen LogP contribution in [0.3, 0.4) is 0 Å². The average molecular weight is 388 g/mol. The Morgan fingerprint density at radius 2 is 1.78 bits per heavy atom. The predicted molar refractivity (Wildman–Crippen MR) is 114 cm³/mol. The lowest BCUT2D eigenvalue weighted by Gasteiger charge is -2.22. The molecule has 0 fully saturated rings. The third-order valence-electron chi connectivity index (χ3n) is 5.67. The molecule has 0 saturated heterocycles. The summed E-state index contributed by atoms with van der Waals surface area (Å²) in [7, 11) is 0. The van der Waals surface area contributed by atoms with Gasteiger partial charge in [-0.05, 0) is 75.6 Å². The Balaban J connectivity index is 2.13. The largest absolute Gasteiger partial charge is 0.376 e. The molecule has 5 heteroatoms. The molecule has 0 amide bonds. The van der Waals surface area contributed by atoms with E-state index in [0.717, 1.165) is 36.9 Å². The zero-order valence-electron chi connectivity index (χ0n) is 16.9. The van der Waals surface area contributed by atoms with Crippen LogP contribution in [-0.2, 0) is 19.4 Å². The molecule has 0 unspecified atom stereocenters. The fourth-order valence-corrected chi connectivity index (χ4v) is 4.22. The van der Waals surface area contributed by atoms with Crippen LogP contribution in [0.1, 0.15) is 63.3 Å². The smallest absolute Gasteiger partial charge is 0.277 e. The summed E-state index contributed by atoms with van der Waals surface area (Å²) in [5.74, 6) is 0.675. The monoisotopic (exact) mass is 387 g/mol. The van der Waals surface area contributed by atoms with E-state index in [9.17, 15) is 4.79 Å². The Bertz CT molecular complexity index is 884. The molecule has 146 valence electrons. The summed E-state index contributed by atoms with van der Waals surface area (Å²) >= 11 is 6.63. The van der Waals surface area contributed by atoms with Crippen molar-refractivity contribution in [1.82, 2.24) is 9.55 Å². The number of nitrogens with zero attached hydrogens (tertiary/aromatic N) is 2. The van der Waals surface area contributed by atoms with E-state index < -0.39 is 0 Å². The summed E-state index contributed by atoms with van der Waals surface area (Å²) < 4.78 is 1.74. The van der Waals surface area contributed by atoms with Crippen molar-refractivity contribution in [2.24, 2.45) is 0 Å². The van der Waals surface area contributed by atoms with Crippen LogP contribution in [0.15, 0.2) is 16.9 Å². The van der Waals surface area contributed by atoms with E-state index in [2.05, 4.69) is 31.3 Å². The van der Waals surface area contributed by atoms with Crippen molar-refractivity contribution in [1.29, 1.82) is 0 Å². The third-order valence-corrected chi connectivity index (χ3v) is 5.99. The van der Waals surface area contributed by atoms with E-state index in [1.807, 2.05) is 13.8 Å². The number of halogens is 1. The molecule has 1 aromatic carbocycles. The minimum Gasteiger partial charge on any atom is -0.376 e. The summed E-state index contributed by atoms with van der Waals surface area (Å²) in [4.78, 5) is 18.0. The maximum absolute atomic E-state index is 13.2. The number of anilines is 1. The second-order valence-corrected chi connectivity index (χ2v) is 7.82. The van der Waals surface area contributed by atoms with E-state index in [4.69, 9.17) is 16.6 Å². The lowest BCUT2D eigenvalue weighted by molar-refractivity contribution is 0.659. The van der Waals surface area contributed by atoms with Gasteiger partial charge in [0.05, 0.1) is 10.7 Å². The Hall–Kier alpha value is -1.81. The topological polar surface area (TPSA) is 46.9 Å². The van der Waals surface area contributed by atoms with Gasteiger partial charge in [-0.15, -0.1) is 0 Å². The van der Waals surface area contributed by atoms with Crippen molar-refractivity contribution < 1.29 is 0 Å². The summed E-state index contributed by atoms with van der Waals surface area (Å²) in [6.07, 6.45) is 6.53. The molecule has 4 nitrogen and oxygen atoms in total. The lowest BCUT2D eigenvalue weighted by Crippen LogP contribution is -2.30. The molecule has 0 radical (unpaired) electrons. The van der Waals surface area contributed by atoms with Gasteiger partial charge in [0, 0.05) is 18.2 Å². The number of rotatable bonds is 6. The van der Waals surface area contributed by atoms with E-state index in [1.54, 1.807) is 4.57 Å². The molecule has 27 heavy (non-hydrogen) atoms. The molecule has 0 spiro atoms. The van der Waals surface area contributed by atoms with E-state index in [1.165, 1.54) is 24.0 Å². The quantitative estimate of drug-likeness (QED) is 0.724. The van der Waals surface area contributed by atoms with Crippen LogP contribution in [0.25, 0.3) is 11.4 Å². The predicted octanol–water partition coefficient (Wildman–Crippen LogP) is 5.37. The van der Waals surface area contributed by atoms with Crippen LogP contribution >= 0.6 is 11.6 Å². The van der Waals surface area contributed by atoms with E-state index in [-0.39, 0.29) is 11.6 Å². The van der Waals surface area contributed by atoms with Crippen molar-refractivity contribution in [3.05, 3.63) is 44.3 Å². The molecule has 2 aromatic rings. The fourth-order valence-electron chi connectivity index (χ4n) is 3.95. The molecule has 1 aliphatic carbocycles. The van der Waals surface area contributed by atoms with Crippen LogP contribution < -0.4 is 10.9 Å². The fraction of sp³-hybridized carbons (Fsp3) is 0.545. The minimum atomic E-state index is -0.0133. The lowest BCUT2D eigenvalue weighted by atomic mass is 9.90. The van der Waals surface area contributed by atoms with Gasteiger partial charge >= 0.3 is 0 Å². The first-order valence-electron chi connectivity index (χ1n) is 10.2. The van der Waals surface area contributed by atoms with Crippen LogP contribution in [0, 0.1) is 6.92 Å². The third kappa shape index (κ3) is 3.91. The highest BCUT2D eigenvalue weighted by Gasteiger charge is 2.20. The first-order valence-corrected chi connectivity index (χ1v) is 10.6. The van der Waals surface area contributed by atoms with Gasteiger partial charge < -0.3 is 5.32 Å². The molecule has 1 aromatic heterocycles. The summed E-state index contributed by atoms with van der Waals surface area (Å²) in [5, 5.41) is 4.09. The maximum Gasteiger partial charge on any atom is 0.277 e. The van der Waals surface area contributed by atoms with Crippen molar-refractivity contribution in [3.63, 3.8) is 0 Å². The molecule has 0 saturated carbocycles. The number of hydrogen-bond donors (Lipinski definition) is 1. The minimum absolute atomic E-state index is 0.0133. The Morgan fingerprint density at radius 3 is 2.37 bits per heavy atom. The number of hydrogen-bond acceptors (Lipinski definition) is 3. The second-order valence-electron chi connectivity index (χ2n) is 7.41. The molecule has 3 rings (SSSR count). The van der Waals surface area contributed by atoms with E-state index >= 15 is 0 Å². The SMILES string of the molecule is CCC(CC)Nc1c(C)nc(-c2cc3c(cc2Cl)CCCC3)n(CC)c1=O. The highest BCUT2D eigenvalue weighted by molar-refractivity contribution is 6.33. The number of nitrogens with one attached hydrogen (secondary N) is 1. The Kier molecular flexibility index (Phi) is 6.25. The van der Waals surface area contributed by atoms with Crippen LogP contribution in [0.4, 0.5) is 5.69 Å². The molecule has 0 bridgehead atoms. The molecule has 1 N–H and O–H groups in total. The van der Waals surface area contributed by atoms with Gasteiger partial charge in [0.15, 0.2) is 0 Å². The number of benzene rings is 1. The van der Waals surface area contributed by atoms with Crippen molar-refractivity contribution in [2.75, 3.05) is 5.32 Å². The summed E-state index contributed by atoms with van der Waals surface area (Å²) in [6.45, 7) is 8.70. The first kappa shape index (κ1) is 19.9. The molecule has 1 aliphatic rings. The van der Waals surface area contributed by atoms with Gasteiger partial charge in [0.1, 0.15) is 11.5 Å². The highest BCUT2D eigenvalue weighted by atomic mass is 35.5. The van der Waals surface area contributed by atoms with Gasteiger partial charge in [-0.2, -0.15) is 0 Å². The molecular formula is C22H30ClN3O. The molecule has 1 heterocycles. The maximum atomic E-state index is 13.2. The number of aryl methyl sites for hydroxylation is 3. The average Bonchev–Trinajstić information content (AvgIpc) is 2.67. The molecule has 0 atom stereocenters. The van der Waals surface area contributed by atoms with Crippen molar-refractivity contribution in [2.45, 2.75) is 78.8 Å². The summed E-state index contributed by atoms with van der Waals surface area (Å²) in [5.41, 5.74) is 4.89. The summed E-state index contributed by atoms with van der Waals surface area (Å²) in [6, 6.07) is 4.50. The normalized spacial score (nSPS) is 13.7. The van der Waals surface area contributed by atoms with Gasteiger partial charge in [-0.3, -0.25) is 9.36 Å². The molecular weight excluding hydrogens is 358 g/mol. The number of aromatic nitrogens is 2. The van der Waals surface area contributed by atoms with Crippen molar-refractivity contribution in [3.8, 4) is 11.4 Å².